The van der Waals surface area contributed by atoms with Crippen LogP contribution in [0.3, 0.4) is 0 Å². The number of carbonyl (C=O) groups excluding carboxylic acids is 2. The molecule has 0 bridgehead atoms. The Hall–Kier alpha value is -3.65. The highest BCUT2D eigenvalue weighted by Crippen LogP contribution is 2.40. The Morgan fingerprint density at radius 2 is 1.86 bits per heavy atom. The molecule has 1 unspecified atom stereocenters. The quantitative estimate of drug-likeness (QED) is 0.203. The van der Waals surface area contributed by atoms with Gasteiger partial charge in [-0.05, 0) is 43.2 Å². The number of methoxy groups -OCH3 is 1. The lowest BCUT2D eigenvalue weighted by molar-refractivity contribution is -0.140. The van der Waals surface area contributed by atoms with Crippen molar-refractivity contribution in [3.05, 3.63) is 71.2 Å². The Morgan fingerprint density at radius 1 is 1.09 bits per heavy atom. The van der Waals surface area contributed by atoms with Crippen LogP contribution in [0.1, 0.15) is 49.2 Å². The van der Waals surface area contributed by atoms with Gasteiger partial charge in [0.05, 0.1) is 30.5 Å². The SMILES string of the molecule is CCCCCOc1ccc(C2C(=C(O)c3c(C)nc4ccccn34)C(=O)C(=O)N2CCOC)cc1. The summed E-state index contributed by atoms with van der Waals surface area (Å²) < 4.78 is 12.7. The zero-order valence-corrected chi connectivity index (χ0v) is 20.4. The molecule has 1 N–H and O–H groups in total. The molecule has 35 heavy (non-hydrogen) atoms. The van der Waals surface area contributed by atoms with Crippen molar-refractivity contribution >= 4 is 23.1 Å². The summed E-state index contributed by atoms with van der Waals surface area (Å²) in [6, 6.07) is 12.1. The fourth-order valence-electron chi connectivity index (χ4n) is 4.46. The van der Waals surface area contributed by atoms with Crippen LogP contribution < -0.4 is 4.74 Å². The van der Waals surface area contributed by atoms with Crippen molar-refractivity contribution in [1.82, 2.24) is 14.3 Å². The Morgan fingerprint density at radius 3 is 2.57 bits per heavy atom. The van der Waals surface area contributed by atoms with Crippen LogP contribution in [-0.2, 0) is 14.3 Å². The molecule has 0 radical (unpaired) electrons. The van der Waals surface area contributed by atoms with Crippen LogP contribution in [0.15, 0.2) is 54.2 Å². The minimum atomic E-state index is -0.757. The number of carbonyl (C=O) groups is 2. The first-order chi connectivity index (χ1) is 17.0. The molecule has 4 rings (SSSR count). The molecule has 1 aliphatic heterocycles. The number of benzene rings is 1. The molecule has 8 heteroatoms. The number of aliphatic hydroxyl groups excluding tert-OH is 1. The van der Waals surface area contributed by atoms with Crippen molar-refractivity contribution in [3.8, 4) is 5.75 Å². The smallest absolute Gasteiger partial charge is 0.295 e. The van der Waals surface area contributed by atoms with Gasteiger partial charge < -0.3 is 19.5 Å². The van der Waals surface area contributed by atoms with Crippen molar-refractivity contribution in [2.45, 2.75) is 39.2 Å². The van der Waals surface area contributed by atoms with Gasteiger partial charge in [0.1, 0.15) is 17.1 Å². The molecule has 1 saturated heterocycles. The van der Waals surface area contributed by atoms with E-state index in [1.807, 2.05) is 42.5 Å². The second-order valence-electron chi connectivity index (χ2n) is 8.58. The van der Waals surface area contributed by atoms with Crippen LogP contribution in [0, 0.1) is 6.92 Å². The fourth-order valence-corrected chi connectivity index (χ4v) is 4.46. The van der Waals surface area contributed by atoms with Gasteiger partial charge >= 0.3 is 0 Å². The van der Waals surface area contributed by atoms with E-state index in [4.69, 9.17) is 9.47 Å². The molecule has 0 spiro atoms. The van der Waals surface area contributed by atoms with Crippen molar-refractivity contribution in [1.29, 1.82) is 0 Å². The second kappa shape index (κ2) is 10.7. The lowest BCUT2D eigenvalue weighted by Gasteiger charge is -2.25. The predicted molar refractivity (Wildman–Crippen MR) is 132 cm³/mol. The number of aliphatic hydroxyl groups is 1. The molecule has 0 saturated carbocycles. The van der Waals surface area contributed by atoms with Crippen molar-refractivity contribution in [2.75, 3.05) is 26.9 Å². The van der Waals surface area contributed by atoms with Crippen molar-refractivity contribution < 1.29 is 24.2 Å². The number of ketones is 1. The summed E-state index contributed by atoms with van der Waals surface area (Å²) in [5.41, 5.74) is 2.34. The number of likely N-dealkylation sites (tertiary alicyclic amines) is 1. The summed E-state index contributed by atoms with van der Waals surface area (Å²) in [6.07, 6.45) is 4.97. The first kappa shape index (κ1) is 24.5. The number of nitrogens with zero attached hydrogens (tertiary/aromatic N) is 3. The summed E-state index contributed by atoms with van der Waals surface area (Å²) in [6.45, 7) is 5.01. The molecule has 1 amide bonds. The molecular weight excluding hydrogens is 446 g/mol. The minimum Gasteiger partial charge on any atom is -0.505 e. The number of fused-ring (bicyclic) bond motifs is 1. The van der Waals surface area contributed by atoms with Gasteiger partial charge in [-0.3, -0.25) is 14.0 Å². The Bertz CT molecular complexity index is 1250. The molecule has 0 aliphatic carbocycles. The van der Waals surface area contributed by atoms with Crippen LogP contribution in [0.5, 0.6) is 5.75 Å². The Labute approximate surface area is 204 Å². The first-order valence-electron chi connectivity index (χ1n) is 11.9. The third-order valence-corrected chi connectivity index (χ3v) is 6.22. The number of hydrogen-bond donors (Lipinski definition) is 1. The van der Waals surface area contributed by atoms with E-state index >= 15 is 0 Å². The van der Waals surface area contributed by atoms with Gasteiger partial charge in [0.15, 0.2) is 5.76 Å². The number of pyridine rings is 1. The highest BCUT2D eigenvalue weighted by atomic mass is 16.5. The first-order valence-corrected chi connectivity index (χ1v) is 11.9. The molecule has 3 heterocycles. The Balaban J connectivity index is 1.77. The van der Waals surface area contributed by atoms with Gasteiger partial charge in [-0.15, -0.1) is 0 Å². The minimum absolute atomic E-state index is 0.0384. The molecular formula is C27H31N3O5. The monoisotopic (exact) mass is 477 g/mol. The average Bonchev–Trinajstić information content (AvgIpc) is 3.33. The standard InChI is InChI=1S/C27H31N3O5/c1-4-5-8-16-35-20-12-10-19(11-13-20)24-22(26(32)27(33)30(24)15-17-34-3)25(31)23-18(2)28-21-9-6-7-14-29(21)23/h6-7,9-14,24,31H,4-5,8,15-17H2,1-3H3. The molecule has 1 aliphatic rings. The van der Waals surface area contributed by atoms with Gasteiger partial charge in [-0.1, -0.05) is 38.0 Å². The summed E-state index contributed by atoms with van der Waals surface area (Å²) in [5.74, 6) is -0.922. The van der Waals surface area contributed by atoms with E-state index in [9.17, 15) is 14.7 Å². The van der Waals surface area contributed by atoms with Crippen LogP contribution in [0.25, 0.3) is 11.4 Å². The highest BCUT2D eigenvalue weighted by Gasteiger charge is 2.46. The van der Waals surface area contributed by atoms with Gasteiger partial charge in [0.2, 0.25) is 0 Å². The third-order valence-electron chi connectivity index (χ3n) is 6.22. The maximum absolute atomic E-state index is 13.2. The molecule has 1 fully saturated rings. The molecule has 184 valence electrons. The molecule has 2 aromatic heterocycles. The van der Waals surface area contributed by atoms with Crippen molar-refractivity contribution in [3.63, 3.8) is 0 Å². The van der Waals surface area contributed by atoms with Gasteiger partial charge in [0, 0.05) is 19.9 Å². The highest BCUT2D eigenvalue weighted by molar-refractivity contribution is 6.46. The number of amides is 1. The van der Waals surface area contributed by atoms with Gasteiger partial charge in [0.25, 0.3) is 11.7 Å². The number of aryl methyl sites for hydroxylation is 1. The van der Waals surface area contributed by atoms with E-state index in [0.717, 1.165) is 25.0 Å². The zero-order chi connectivity index (χ0) is 24.9. The number of Topliss-reactive ketones (excluding diaryl/α,β-unsaturated/α-hetero) is 1. The largest absolute Gasteiger partial charge is 0.505 e. The van der Waals surface area contributed by atoms with Crippen LogP contribution in [-0.4, -0.2) is 57.9 Å². The van der Waals surface area contributed by atoms with E-state index in [2.05, 4.69) is 11.9 Å². The summed E-state index contributed by atoms with van der Waals surface area (Å²) >= 11 is 0. The number of ether oxygens (including phenoxy) is 2. The second-order valence-corrected chi connectivity index (χ2v) is 8.58. The van der Waals surface area contributed by atoms with Crippen LogP contribution in [0.4, 0.5) is 0 Å². The fraction of sp³-hybridized carbons (Fsp3) is 0.370. The average molecular weight is 478 g/mol. The number of aromatic nitrogens is 2. The maximum Gasteiger partial charge on any atom is 0.295 e. The van der Waals surface area contributed by atoms with E-state index < -0.39 is 17.7 Å². The predicted octanol–water partition coefficient (Wildman–Crippen LogP) is 4.28. The molecule has 1 atom stereocenters. The molecule has 1 aromatic carbocycles. The number of imidazole rings is 1. The number of hydrogen-bond acceptors (Lipinski definition) is 6. The third kappa shape index (κ3) is 4.79. The van der Waals surface area contributed by atoms with E-state index in [1.165, 1.54) is 12.0 Å². The van der Waals surface area contributed by atoms with Gasteiger partial charge in [-0.2, -0.15) is 0 Å². The maximum atomic E-state index is 13.2. The summed E-state index contributed by atoms with van der Waals surface area (Å²) in [7, 11) is 1.54. The topological polar surface area (TPSA) is 93.4 Å². The number of unbranched alkanes of at least 4 members (excludes halogenated alkanes) is 2. The summed E-state index contributed by atoms with van der Waals surface area (Å²) in [4.78, 5) is 32.2. The zero-order valence-electron chi connectivity index (χ0n) is 20.4. The van der Waals surface area contributed by atoms with Crippen LogP contribution >= 0.6 is 0 Å². The van der Waals surface area contributed by atoms with Crippen molar-refractivity contribution in [2.24, 2.45) is 0 Å². The normalized spacial score (nSPS) is 17.5. The number of rotatable bonds is 10. The lowest BCUT2D eigenvalue weighted by atomic mass is 9.96. The lowest BCUT2D eigenvalue weighted by Crippen LogP contribution is -2.32. The summed E-state index contributed by atoms with van der Waals surface area (Å²) in [5, 5.41) is 11.4. The van der Waals surface area contributed by atoms with E-state index in [0.29, 0.717) is 29.2 Å². The van der Waals surface area contributed by atoms with E-state index in [-0.39, 0.29) is 24.5 Å². The van der Waals surface area contributed by atoms with Crippen LogP contribution in [0.2, 0.25) is 0 Å². The van der Waals surface area contributed by atoms with E-state index in [1.54, 1.807) is 17.5 Å². The van der Waals surface area contributed by atoms with Gasteiger partial charge in [-0.25, -0.2) is 4.98 Å². The molecule has 3 aromatic rings. The molecule has 8 nitrogen and oxygen atoms in total. The Kier molecular flexibility index (Phi) is 7.51.